The minimum Gasteiger partial charge on any atom is -0.493 e. The molecule has 12 heteroatoms. The summed E-state index contributed by atoms with van der Waals surface area (Å²) in [6, 6.07) is 4.69. The SMILES string of the molecule is COC(=O)c1ccc(CN2C(=O)NC(=Cc3cc(OC)c(OC)c([N+](=O)[O-])c3)C2=O)o1. The second-order valence-electron chi connectivity index (χ2n) is 6.17. The topological polar surface area (TPSA) is 150 Å². The number of carbonyl (C=O) groups excluding carboxylic acids is 3. The fourth-order valence-electron chi connectivity index (χ4n) is 2.89. The molecule has 1 aliphatic rings. The van der Waals surface area contributed by atoms with Crippen molar-refractivity contribution in [1.82, 2.24) is 10.2 Å². The fourth-order valence-corrected chi connectivity index (χ4v) is 2.89. The number of amides is 3. The van der Waals surface area contributed by atoms with Crippen LogP contribution in [0.3, 0.4) is 0 Å². The van der Waals surface area contributed by atoms with Crippen LogP contribution in [0.1, 0.15) is 21.9 Å². The molecular weight excluding hydrogens is 414 g/mol. The molecule has 1 aromatic carbocycles. The Bertz CT molecular complexity index is 1100. The molecule has 162 valence electrons. The van der Waals surface area contributed by atoms with E-state index >= 15 is 0 Å². The molecule has 1 aliphatic heterocycles. The number of nitro benzene ring substituents is 1. The number of rotatable bonds is 7. The Kier molecular flexibility index (Phi) is 5.90. The van der Waals surface area contributed by atoms with E-state index in [0.717, 1.165) is 4.90 Å². The molecule has 0 atom stereocenters. The summed E-state index contributed by atoms with van der Waals surface area (Å²) >= 11 is 0. The molecular formula is C19H17N3O9. The molecule has 3 amide bonds. The number of benzene rings is 1. The van der Waals surface area contributed by atoms with Crippen LogP contribution in [0, 0.1) is 10.1 Å². The fraction of sp³-hybridized carbons (Fsp3) is 0.211. The number of nitro groups is 1. The lowest BCUT2D eigenvalue weighted by Gasteiger charge is -2.10. The number of nitrogens with one attached hydrogen (secondary N) is 1. The number of methoxy groups -OCH3 is 3. The van der Waals surface area contributed by atoms with Crippen molar-refractivity contribution < 1.29 is 37.9 Å². The van der Waals surface area contributed by atoms with Crippen molar-refractivity contribution in [2.24, 2.45) is 0 Å². The largest absolute Gasteiger partial charge is 0.493 e. The predicted molar refractivity (Wildman–Crippen MR) is 103 cm³/mol. The number of esters is 1. The second kappa shape index (κ2) is 8.57. The summed E-state index contributed by atoms with van der Waals surface area (Å²) in [5.41, 5.74) is -0.236. The lowest BCUT2D eigenvalue weighted by atomic mass is 10.1. The monoisotopic (exact) mass is 431 g/mol. The first-order chi connectivity index (χ1) is 14.8. The van der Waals surface area contributed by atoms with Crippen LogP contribution in [-0.4, -0.2) is 49.1 Å². The minimum absolute atomic E-state index is 0.0713. The van der Waals surface area contributed by atoms with Gasteiger partial charge in [0.25, 0.3) is 5.91 Å². The molecule has 0 unspecified atom stereocenters. The van der Waals surface area contributed by atoms with Gasteiger partial charge < -0.3 is 23.9 Å². The van der Waals surface area contributed by atoms with Gasteiger partial charge in [-0.15, -0.1) is 0 Å². The zero-order chi connectivity index (χ0) is 22.7. The number of furan rings is 1. The Morgan fingerprint density at radius 2 is 1.97 bits per heavy atom. The summed E-state index contributed by atoms with van der Waals surface area (Å²) in [5, 5.41) is 13.7. The Balaban J connectivity index is 1.88. The number of hydrogen-bond donors (Lipinski definition) is 1. The van der Waals surface area contributed by atoms with E-state index < -0.39 is 22.8 Å². The third kappa shape index (κ3) is 4.17. The van der Waals surface area contributed by atoms with E-state index in [1.165, 1.54) is 51.7 Å². The lowest BCUT2D eigenvalue weighted by molar-refractivity contribution is -0.385. The van der Waals surface area contributed by atoms with Crippen molar-refractivity contribution in [3.8, 4) is 11.5 Å². The van der Waals surface area contributed by atoms with E-state index in [2.05, 4.69) is 10.1 Å². The number of carbonyl (C=O) groups is 3. The van der Waals surface area contributed by atoms with E-state index in [9.17, 15) is 24.5 Å². The van der Waals surface area contributed by atoms with Crippen molar-refractivity contribution in [1.29, 1.82) is 0 Å². The zero-order valence-electron chi connectivity index (χ0n) is 16.7. The molecule has 1 fully saturated rings. The Labute approximate surface area is 175 Å². The van der Waals surface area contributed by atoms with Gasteiger partial charge in [0.05, 0.1) is 32.8 Å². The second-order valence-corrected chi connectivity index (χ2v) is 6.17. The van der Waals surface area contributed by atoms with Gasteiger partial charge in [0.15, 0.2) is 5.75 Å². The molecule has 1 N–H and O–H groups in total. The molecule has 0 radical (unpaired) electrons. The van der Waals surface area contributed by atoms with Gasteiger partial charge in [0.2, 0.25) is 11.5 Å². The van der Waals surface area contributed by atoms with Gasteiger partial charge in [-0.1, -0.05) is 0 Å². The molecule has 1 saturated heterocycles. The van der Waals surface area contributed by atoms with Gasteiger partial charge in [-0.25, -0.2) is 9.59 Å². The number of urea groups is 1. The summed E-state index contributed by atoms with van der Waals surface area (Å²) in [6.45, 7) is -0.231. The molecule has 12 nitrogen and oxygen atoms in total. The standard InChI is InChI=1S/C19H17N3O9/c1-28-15-8-10(7-13(22(26)27)16(15)29-2)6-12-17(23)21(19(25)20-12)9-11-4-5-14(31-11)18(24)30-3/h4-8H,9H2,1-3H3,(H,20,25). The van der Waals surface area contributed by atoms with Crippen LogP contribution in [-0.2, 0) is 16.1 Å². The average molecular weight is 431 g/mol. The maximum Gasteiger partial charge on any atom is 0.373 e. The van der Waals surface area contributed by atoms with Crippen LogP contribution < -0.4 is 14.8 Å². The van der Waals surface area contributed by atoms with Crippen LogP contribution >= 0.6 is 0 Å². The van der Waals surface area contributed by atoms with E-state index in [-0.39, 0.29) is 46.5 Å². The van der Waals surface area contributed by atoms with Crippen LogP contribution in [0.25, 0.3) is 6.08 Å². The van der Waals surface area contributed by atoms with E-state index in [1.54, 1.807) is 0 Å². The maximum absolute atomic E-state index is 12.7. The van der Waals surface area contributed by atoms with Gasteiger partial charge in [-0.3, -0.25) is 19.8 Å². The maximum atomic E-state index is 12.7. The smallest absolute Gasteiger partial charge is 0.373 e. The average Bonchev–Trinajstić information content (AvgIpc) is 3.33. The predicted octanol–water partition coefficient (Wildman–Crippen LogP) is 2.08. The summed E-state index contributed by atoms with van der Waals surface area (Å²) in [4.78, 5) is 47.9. The van der Waals surface area contributed by atoms with Crippen LogP contribution in [0.4, 0.5) is 10.5 Å². The first kappa shape index (κ1) is 21.4. The van der Waals surface area contributed by atoms with Gasteiger partial charge in [-0.2, -0.15) is 0 Å². The highest BCUT2D eigenvalue weighted by atomic mass is 16.6. The third-order valence-corrected chi connectivity index (χ3v) is 4.31. The molecule has 0 bridgehead atoms. The van der Waals surface area contributed by atoms with Crippen molar-refractivity contribution in [2.75, 3.05) is 21.3 Å². The Morgan fingerprint density at radius 1 is 1.23 bits per heavy atom. The van der Waals surface area contributed by atoms with Gasteiger partial charge in [0.1, 0.15) is 11.5 Å². The van der Waals surface area contributed by atoms with Crippen molar-refractivity contribution in [3.05, 3.63) is 57.2 Å². The number of nitrogens with zero attached hydrogens (tertiary/aromatic N) is 2. The zero-order valence-corrected chi connectivity index (χ0v) is 16.7. The summed E-state index contributed by atoms with van der Waals surface area (Å²) in [7, 11) is 3.77. The summed E-state index contributed by atoms with van der Waals surface area (Å²) in [6.07, 6.45) is 1.28. The molecule has 2 heterocycles. The molecule has 1 aromatic heterocycles. The molecule has 2 aromatic rings. The third-order valence-electron chi connectivity index (χ3n) is 4.31. The van der Waals surface area contributed by atoms with Crippen LogP contribution in [0.15, 0.2) is 34.4 Å². The van der Waals surface area contributed by atoms with E-state index in [0.29, 0.717) is 0 Å². The molecule has 0 saturated carbocycles. The Hall–Kier alpha value is -4.35. The number of hydrogen-bond acceptors (Lipinski definition) is 9. The van der Waals surface area contributed by atoms with Crippen LogP contribution in [0.5, 0.6) is 11.5 Å². The number of ether oxygens (including phenoxy) is 3. The molecule has 0 aliphatic carbocycles. The minimum atomic E-state index is -0.720. The van der Waals surface area contributed by atoms with E-state index in [1.807, 2.05) is 0 Å². The first-order valence-corrected chi connectivity index (χ1v) is 8.71. The lowest BCUT2D eigenvalue weighted by Crippen LogP contribution is -2.30. The first-order valence-electron chi connectivity index (χ1n) is 8.71. The van der Waals surface area contributed by atoms with Crippen LogP contribution in [0.2, 0.25) is 0 Å². The van der Waals surface area contributed by atoms with Gasteiger partial charge >= 0.3 is 17.7 Å². The van der Waals surface area contributed by atoms with Gasteiger partial charge in [0, 0.05) is 6.07 Å². The highest BCUT2D eigenvalue weighted by Gasteiger charge is 2.34. The van der Waals surface area contributed by atoms with Gasteiger partial charge in [-0.05, 0) is 29.8 Å². The highest BCUT2D eigenvalue weighted by molar-refractivity contribution is 6.13. The highest BCUT2D eigenvalue weighted by Crippen LogP contribution is 2.38. The Morgan fingerprint density at radius 3 is 2.58 bits per heavy atom. The van der Waals surface area contributed by atoms with Crippen molar-refractivity contribution >= 4 is 29.7 Å². The molecule has 0 spiro atoms. The summed E-state index contributed by atoms with van der Waals surface area (Å²) < 4.78 is 20.0. The molecule has 3 rings (SSSR count). The quantitative estimate of drug-likeness (QED) is 0.228. The van der Waals surface area contributed by atoms with Crippen molar-refractivity contribution in [2.45, 2.75) is 6.54 Å². The normalized spacial score (nSPS) is 14.5. The molecule has 31 heavy (non-hydrogen) atoms. The summed E-state index contributed by atoms with van der Waals surface area (Å²) in [5.74, 6) is -1.25. The van der Waals surface area contributed by atoms with Crippen molar-refractivity contribution in [3.63, 3.8) is 0 Å². The van der Waals surface area contributed by atoms with E-state index in [4.69, 9.17) is 13.9 Å². The number of imide groups is 1.